The van der Waals surface area contributed by atoms with Crippen molar-refractivity contribution in [2.45, 2.75) is 44.6 Å². The van der Waals surface area contributed by atoms with E-state index in [1.807, 2.05) is 4.90 Å². The number of hydrogen-bond donors (Lipinski definition) is 0. The highest BCUT2D eigenvalue weighted by Crippen LogP contribution is 2.28. The van der Waals surface area contributed by atoms with Crippen molar-refractivity contribution in [1.82, 2.24) is 4.90 Å². The molecule has 2 fully saturated rings. The number of ether oxygens (including phenoxy) is 1. The zero-order valence-electron chi connectivity index (χ0n) is 9.78. The second-order valence-corrected chi connectivity index (χ2v) is 4.74. The lowest BCUT2D eigenvalue weighted by Gasteiger charge is -2.35. The van der Waals surface area contributed by atoms with Gasteiger partial charge in [0.25, 0.3) is 0 Å². The number of hydrogen-bond acceptors (Lipinski definition) is 3. The van der Waals surface area contributed by atoms with Crippen molar-refractivity contribution < 1.29 is 14.3 Å². The number of piperidine rings is 1. The molecule has 1 aliphatic heterocycles. The molecule has 0 radical (unpaired) electrons. The normalized spacial score (nSPS) is 27.2. The zero-order valence-corrected chi connectivity index (χ0v) is 9.78. The molecule has 0 unspecified atom stereocenters. The number of nitrogens with zero attached hydrogens (tertiary/aromatic N) is 1. The van der Waals surface area contributed by atoms with Crippen molar-refractivity contribution in [3.8, 4) is 0 Å². The largest absolute Gasteiger partial charge is 0.469 e. The van der Waals surface area contributed by atoms with Gasteiger partial charge in [0.15, 0.2) is 0 Å². The van der Waals surface area contributed by atoms with Gasteiger partial charge in [0.05, 0.1) is 13.0 Å². The Morgan fingerprint density at radius 3 is 2.62 bits per heavy atom. The Bertz CT molecular complexity index is 284. The molecule has 1 amide bonds. The summed E-state index contributed by atoms with van der Waals surface area (Å²) in [6.45, 7) is 0.566. The zero-order chi connectivity index (χ0) is 11.5. The molecule has 0 aromatic heterocycles. The summed E-state index contributed by atoms with van der Waals surface area (Å²) >= 11 is 0. The topological polar surface area (TPSA) is 46.6 Å². The molecule has 1 atom stereocenters. The van der Waals surface area contributed by atoms with Crippen molar-refractivity contribution in [2.24, 2.45) is 5.92 Å². The maximum Gasteiger partial charge on any atom is 0.310 e. The van der Waals surface area contributed by atoms with Gasteiger partial charge >= 0.3 is 5.97 Å². The van der Waals surface area contributed by atoms with Crippen LogP contribution in [0.3, 0.4) is 0 Å². The summed E-state index contributed by atoms with van der Waals surface area (Å²) in [5.74, 6) is -0.0640. The first-order chi connectivity index (χ1) is 7.72. The van der Waals surface area contributed by atoms with Crippen LogP contribution in [0.4, 0.5) is 0 Å². The first-order valence-corrected chi connectivity index (χ1v) is 6.09. The highest BCUT2D eigenvalue weighted by Gasteiger charge is 2.35. The Kier molecular flexibility index (Phi) is 3.46. The van der Waals surface area contributed by atoms with E-state index < -0.39 is 0 Å². The van der Waals surface area contributed by atoms with Crippen molar-refractivity contribution in [2.75, 3.05) is 13.7 Å². The minimum absolute atomic E-state index is 0.108. The highest BCUT2D eigenvalue weighted by atomic mass is 16.5. The van der Waals surface area contributed by atoms with Crippen LogP contribution in [0.25, 0.3) is 0 Å². The molecular formula is C12H19NO3. The van der Waals surface area contributed by atoms with E-state index in [1.54, 1.807) is 0 Å². The summed E-state index contributed by atoms with van der Waals surface area (Å²) in [5, 5.41) is 0. The van der Waals surface area contributed by atoms with E-state index in [9.17, 15) is 9.59 Å². The monoisotopic (exact) mass is 225 g/mol. The van der Waals surface area contributed by atoms with Gasteiger partial charge in [0.1, 0.15) is 0 Å². The molecule has 1 saturated heterocycles. The molecular weight excluding hydrogens is 206 g/mol. The first kappa shape index (κ1) is 11.4. The van der Waals surface area contributed by atoms with Gasteiger partial charge in [-0.05, 0) is 19.3 Å². The van der Waals surface area contributed by atoms with Crippen LogP contribution in [0.2, 0.25) is 0 Å². The van der Waals surface area contributed by atoms with Crippen LogP contribution in [0, 0.1) is 5.92 Å². The summed E-state index contributed by atoms with van der Waals surface area (Å²) in [4.78, 5) is 25.2. The van der Waals surface area contributed by atoms with Crippen LogP contribution < -0.4 is 0 Å². The summed E-state index contributed by atoms with van der Waals surface area (Å²) in [6.07, 6.45) is 5.75. The number of carbonyl (C=O) groups is 2. The highest BCUT2D eigenvalue weighted by molar-refractivity contribution is 5.81. The lowest BCUT2D eigenvalue weighted by atomic mass is 9.96. The third-order valence-corrected chi connectivity index (χ3v) is 3.74. The predicted molar refractivity (Wildman–Crippen MR) is 58.7 cm³/mol. The number of rotatable bonds is 2. The molecule has 2 rings (SSSR count). The van der Waals surface area contributed by atoms with Crippen LogP contribution >= 0.6 is 0 Å². The Hall–Kier alpha value is -1.06. The standard InChI is InChI=1S/C12H19NO3/c1-16-12(15)9-6-7-11(14)13(8-9)10-4-2-3-5-10/h9-10H,2-8H2,1H3/t9-/m1/s1. The number of carbonyl (C=O) groups excluding carboxylic acids is 2. The van der Waals surface area contributed by atoms with E-state index >= 15 is 0 Å². The van der Waals surface area contributed by atoms with Gasteiger partial charge in [0, 0.05) is 19.0 Å². The first-order valence-electron chi connectivity index (χ1n) is 6.09. The quantitative estimate of drug-likeness (QED) is 0.666. The molecule has 4 nitrogen and oxygen atoms in total. The van der Waals surface area contributed by atoms with Crippen LogP contribution in [0.15, 0.2) is 0 Å². The maximum atomic E-state index is 11.8. The van der Waals surface area contributed by atoms with Crippen LogP contribution in [-0.2, 0) is 14.3 Å². The molecule has 1 aliphatic carbocycles. The van der Waals surface area contributed by atoms with E-state index in [2.05, 4.69) is 0 Å². The lowest BCUT2D eigenvalue weighted by molar-refractivity contribution is -0.151. The fourth-order valence-electron chi connectivity index (χ4n) is 2.80. The molecule has 0 bridgehead atoms. The van der Waals surface area contributed by atoms with Crippen LogP contribution in [-0.4, -0.2) is 36.5 Å². The van der Waals surface area contributed by atoms with E-state index in [4.69, 9.17) is 4.74 Å². The number of likely N-dealkylation sites (tertiary alicyclic amines) is 1. The van der Waals surface area contributed by atoms with E-state index in [0.29, 0.717) is 25.4 Å². The van der Waals surface area contributed by atoms with Crippen molar-refractivity contribution >= 4 is 11.9 Å². The molecule has 0 N–H and O–H groups in total. The summed E-state index contributed by atoms with van der Waals surface area (Å²) in [6, 6.07) is 0.375. The minimum atomic E-state index is -0.171. The Labute approximate surface area is 95.9 Å². The van der Waals surface area contributed by atoms with Crippen molar-refractivity contribution in [1.29, 1.82) is 0 Å². The average molecular weight is 225 g/mol. The average Bonchev–Trinajstić information content (AvgIpc) is 2.82. The van der Waals surface area contributed by atoms with Gasteiger partial charge in [-0.2, -0.15) is 0 Å². The molecule has 0 spiro atoms. The van der Waals surface area contributed by atoms with E-state index in [-0.39, 0.29) is 17.8 Å². The lowest BCUT2D eigenvalue weighted by Crippen LogP contribution is -2.47. The van der Waals surface area contributed by atoms with Crippen LogP contribution in [0.5, 0.6) is 0 Å². The fourth-order valence-corrected chi connectivity index (χ4v) is 2.80. The molecule has 0 aromatic carbocycles. The van der Waals surface area contributed by atoms with Crippen molar-refractivity contribution in [3.63, 3.8) is 0 Å². The SMILES string of the molecule is COC(=O)[C@@H]1CCC(=O)N(C2CCCC2)C1. The molecule has 1 saturated carbocycles. The molecule has 1 heterocycles. The van der Waals surface area contributed by atoms with Gasteiger partial charge in [0.2, 0.25) is 5.91 Å². The third-order valence-electron chi connectivity index (χ3n) is 3.74. The van der Waals surface area contributed by atoms with E-state index in [0.717, 1.165) is 12.8 Å². The van der Waals surface area contributed by atoms with Gasteiger partial charge in [-0.3, -0.25) is 9.59 Å². The smallest absolute Gasteiger partial charge is 0.310 e. The molecule has 2 aliphatic rings. The Morgan fingerprint density at radius 1 is 1.31 bits per heavy atom. The predicted octanol–water partition coefficient (Wildman–Crippen LogP) is 1.34. The molecule has 4 heteroatoms. The number of esters is 1. The maximum absolute atomic E-state index is 11.8. The molecule has 16 heavy (non-hydrogen) atoms. The second kappa shape index (κ2) is 4.85. The van der Waals surface area contributed by atoms with Crippen molar-refractivity contribution in [3.05, 3.63) is 0 Å². The van der Waals surface area contributed by atoms with E-state index in [1.165, 1.54) is 20.0 Å². The third kappa shape index (κ3) is 2.20. The minimum Gasteiger partial charge on any atom is -0.469 e. The summed E-state index contributed by atoms with van der Waals surface area (Å²) in [7, 11) is 1.42. The molecule has 0 aromatic rings. The summed E-state index contributed by atoms with van der Waals surface area (Å²) in [5.41, 5.74) is 0. The number of amides is 1. The van der Waals surface area contributed by atoms with Crippen LogP contribution in [0.1, 0.15) is 38.5 Å². The van der Waals surface area contributed by atoms with Gasteiger partial charge in [-0.25, -0.2) is 0 Å². The van der Waals surface area contributed by atoms with Gasteiger partial charge in [-0.15, -0.1) is 0 Å². The fraction of sp³-hybridized carbons (Fsp3) is 0.833. The number of methoxy groups -OCH3 is 1. The second-order valence-electron chi connectivity index (χ2n) is 4.74. The Balaban J connectivity index is 1.99. The molecule has 90 valence electrons. The Morgan fingerprint density at radius 2 is 2.00 bits per heavy atom. The summed E-state index contributed by atoms with van der Waals surface area (Å²) < 4.78 is 4.76. The van der Waals surface area contributed by atoms with Gasteiger partial charge < -0.3 is 9.64 Å². The van der Waals surface area contributed by atoms with Gasteiger partial charge in [-0.1, -0.05) is 12.8 Å².